The van der Waals surface area contributed by atoms with E-state index in [9.17, 15) is 9.90 Å². The number of benzene rings is 2. The summed E-state index contributed by atoms with van der Waals surface area (Å²) in [6.45, 7) is 1.79. The number of carbonyl (C=O) groups is 1. The summed E-state index contributed by atoms with van der Waals surface area (Å²) in [5.41, 5.74) is 1.47. The topological polar surface area (TPSA) is 49.8 Å². The normalized spacial score (nSPS) is 23.0. The maximum atomic E-state index is 13.2. The van der Waals surface area contributed by atoms with Crippen molar-refractivity contribution in [2.75, 3.05) is 13.2 Å². The number of fused-ring (bicyclic) bond motifs is 2. The van der Waals surface area contributed by atoms with Crippen LogP contribution in [0.2, 0.25) is 0 Å². The molecule has 0 aliphatic carbocycles. The summed E-state index contributed by atoms with van der Waals surface area (Å²) in [4.78, 5) is 15.1. The lowest BCUT2D eigenvalue weighted by Crippen LogP contribution is -2.52. The Balaban J connectivity index is 1.65. The van der Waals surface area contributed by atoms with Crippen molar-refractivity contribution in [1.82, 2.24) is 4.90 Å². The summed E-state index contributed by atoms with van der Waals surface area (Å²) in [6, 6.07) is 15.1. The van der Waals surface area contributed by atoms with Crippen molar-refractivity contribution in [3.05, 3.63) is 59.7 Å². The van der Waals surface area contributed by atoms with Gasteiger partial charge in [-0.15, -0.1) is 0 Å². The number of likely N-dealkylation sites (tertiary alicyclic amines) is 1. The van der Waals surface area contributed by atoms with Gasteiger partial charge in [0.15, 0.2) is 0 Å². The van der Waals surface area contributed by atoms with E-state index in [1.807, 2.05) is 41.3 Å². The van der Waals surface area contributed by atoms with Crippen molar-refractivity contribution in [3.8, 4) is 11.5 Å². The fraction of sp³-hybridized carbons (Fsp3) is 0.316. The summed E-state index contributed by atoms with van der Waals surface area (Å²) < 4.78 is 5.73. The second kappa shape index (κ2) is 5.30. The predicted octanol–water partition coefficient (Wildman–Crippen LogP) is 2.85. The molecular weight excluding hydrogens is 290 g/mol. The highest BCUT2D eigenvalue weighted by Crippen LogP contribution is 2.46. The lowest BCUT2D eigenvalue weighted by atomic mass is 9.75. The fourth-order valence-electron chi connectivity index (χ4n) is 3.73. The van der Waals surface area contributed by atoms with Gasteiger partial charge in [0.1, 0.15) is 23.5 Å². The van der Waals surface area contributed by atoms with Crippen molar-refractivity contribution < 1.29 is 14.6 Å². The Bertz CT molecular complexity index is 744. The van der Waals surface area contributed by atoms with E-state index in [2.05, 4.69) is 0 Å². The number of phenolic OH excluding ortho intramolecular Hbond substituents is 1. The van der Waals surface area contributed by atoms with Gasteiger partial charge in [-0.25, -0.2) is 0 Å². The molecule has 4 heteroatoms. The zero-order chi connectivity index (χ0) is 15.9. The van der Waals surface area contributed by atoms with E-state index in [-0.39, 0.29) is 11.7 Å². The van der Waals surface area contributed by atoms with Gasteiger partial charge in [0.25, 0.3) is 0 Å². The smallest absolute Gasteiger partial charge is 0.237 e. The highest BCUT2D eigenvalue weighted by atomic mass is 16.5. The van der Waals surface area contributed by atoms with Crippen LogP contribution < -0.4 is 4.74 Å². The number of phenols is 1. The number of aromatic hydroxyl groups is 1. The number of hydrogen-bond acceptors (Lipinski definition) is 3. The number of ether oxygens (including phenoxy) is 1. The van der Waals surface area contributed by atoms with Gasteiger partial charge in [-0.2, -0.15) is 0 Å². The zero-order valence-corrected chi connectivity index (χ0v) is 12.9. The standard InChI is InChI=1S/C19H19NO3/c21-15-7-8-16-17(11-15)23-13-19(16)9-4-10-20(18(19)22)12-14-5-2-1-3-6-14/h1-3,5-8,11,21H,4,9-10,12-13H2. The first kappa shape index (κ1) is 14.1. The largest absolute Gasteiger partial charge is 0.508 e. The maximum Gasteiger partial charge on any atom is 0.237 e. The van der Waals surface area contributed by atoms with Crippen molar-refractivity contribution in [2.24, 2.45) is 0 Å². The van der Waals surface area contributed by atoms with Crippen LogP contribution in [0.1, 0.15) is 24.0 Å². The first-order chi connectivity index (χ1) is 11.2. The monoisotopic (exact) mass is 309 g/mol. The number of hydrogen-bond donors (Lipinski definition) is 1. The van der Waals surface area contributed by atoms with Crippen molar-refractivity contribution >= 4 is 5.91 Å². The molecular formula is C19H19NO3. The van der Waals surface area contributed by atoms with Gasteiger partial charge >= 0.3 is 0 Å². The third kappa shape index (κ3) is 2.25. The molecule has 118 valence electrons. The van der Waals surface area contributed by atoms with Crippen LogP contribution in [-0.2, 0) is 16.8 Å². The van der Waals surface area contributed by atoms with E-state index < -0.39 is 5.41 Å². The number of piperidine rings is 1. The van der Waals surface area contributed by atoms with Crippen LogP contribution in [0.4, 0.5) is 0 Å². The van der Waals surface area contributed by atoms with Gasteiger partial charge in [0.2, 0.25) is 5.91 Å². The van der Waals surface area contributed by atoms with Gasteiger partial charge in [-0.1, -0.05) is 36.4 Å². The van der Waals surface area contributed by atoms with Crippen LogP contribution >= 0.6 is 0 Å². The Hall–Kier alpha value is -2.49. The average molecular weight is 309 g/mol. The molecule has 23 heavy (non-hydrogen) atoms. The summed E-state index contributed by atoms with van der Waals surface area (Å²) >= 11 is 0. The van der Waals surface area contributed by atoms with E-state index in [1.54, 1.807) is 12.1 Å². The minimum absolute atomic E-state index is 0.136. The number of nitrogens with zero attached hydrogens (tertiary/aromatic N) is 1. The van der Waals surface area contributed by atoms with Crippen LogP contribution in [-0.4, -0.2) is 29.1 Å². The van der Waals surface area contributed by atoms with Crippen LogP contribution in [0.3, 0.4) is 0 Å². The van der Waals surface area contributed by atoms with E-state index >= 15 is 0 Å². The molecule has 1 saturated heterocycles. The third-order valence-electron chi connectivity index (χ3n) is 4.90. The van der Waals surface area contributed by atoms with E-state index in [4.69, 9.17) is 4.74 Å². The van der Waals surface area contributed by atoms with E-state index in [0.29, 0.717) is 18.9 Å². The van der Waals surface area contributed by atoms with Crippen LogP contribution in [0.15, 0.2) is 48.5 Å². The van der Waals surface area contributed by atoms with Gasteiger partial charge in [-0.3, -0.25) is 4.79 Å². The van der Waals surface area contributed by atoms with Crippen LogP contribution in [0.25, 0.3) is 0 Å². The number of rotatable bonds is 2. The second-order valence-corrected chi connectivity index (χ2v) is 6.37. The zero-order valence-electron chi connectivity index (χ0n) is 12.9. The Labute approximate surface area is 135 Å². The van der Waals surface area contributed by atoms with Crippen molar-refractivity contribution in [2.45, 2.75) is 24.8 Å². The van der Waals surface area contributed by atoms with Crippen LogP contribution in [0, 0.1) is 0 Å². The molecule has 2 aliphatic heterocycles. The highest BCUT2D eigenvalue weighted by Gasteiger charge is 2.50. The molecule has 1 spiro atoms. The minimum atomic E-state index is -0.587. The molecule has 1 unspecified atom stereocenters. The molecule has 1 amide bonds. The first-order valence-corrected chi connectivity index (χ1v) is 7.99. The summed E-state index contributed by atoms with van der Waals surface area (Å²) in [5.74, 6) is 0.946. The maximum absolute atomic E-state index is 13.2. The Morgan fingerprint density at radius 3 is 2.83 bits per heavy atom. The highest BCUT2D eigenvalue weighted by molar-refractivity contribution is 5.91. The number of amides is 1. The lowest BCUT2D eigenvalue weighted by molar-refractivity contribution is -0.142. The molecule has 4 rings (SSSR count). The molecule has 2 aliphatic rings. The molecule has 2 heterocycles. The van der Waals surface area contributed by atoms with Crippen molar-refractivity contribution in [3.63, 3.8) is 0 Å². The molecule has 1 atom stereocenters. The quantitative estimate of drug-likeness (QED) is 0.928. The first-order valence-electron chi connectivity index (χ1n) is 7.99. The minimum Gasteiger partial charge on any atom is -0.508 e. The van der Waals surface area contributed by atoms with E-state index in [1.165, 1.54) is 0 Å². The summed E-state index contributed by atoms with van der Waals surface area (Å²) in [6.07, 6.45) is 1.76. The molecule has 2 aromatic rings. The molecule has 1 N–H and O–H groups in total. The Morgan fingerprint density at radius 1 is 1.17 bits per heavy atom. The molecule has 0 radical (unpaired) electrons. The average Bonchev–Trinajstić information content (AvgIpc) is 2.92. The SMILES string of the molecule is O=C1N(Cc2ccccc2)CCCC12COc1cc(O)ccc12. The molecule has 4 nitrogen and oxygen atoms in total. The Kier molecular flexibility index (Phi) is 3.26. The van der Waals surface area contributed by atoms with Gasteiger partial charge in [0.05, 0.1) is 0 Å². The molecule has 2 aromatic carbocycles. The third-order valence-corrected chi connectivity index (χ3v) is 4.90. The van der Waals surface area contributed by atoms with Gasteiger partial charge < -0.3 is 14.7 Å². The molecule has 0 saturated carbocycles. The fourth-order valence-corrected chi connectivity index (χ4v) is 3.73. The van der Waals surface area contributed by atoms with Crippen molar-refractivity contribution in [1.29, 1.82) is 0 Å². The predicted molar refractivity (Wildman–Crippen MR) is 86.4 cm³/mol. The summed E-state index contributed by atoms with van der Waals surface area (Å²) in [7, 11) is 0. The Morgan fingerprint density at radius 2 is 2.00 bits per heavy atom. The second-order valence-electron chi connectivity index (χ2n) is 6.37. The summed E-state index contributed by atoms with van der Waals surface area (Å²) in [5, 5.41) is 9.62. The molecule has 1 fully saturated rings. The van der Waals surface area contributed by atoms with Gasteiger partial charge in [-0.05, 0) is 24.5 Å². The van der Waals surface area contributed by atoms with E-state index in [0.717, 1.165) is 30.5 Å². The number of carbonyl (C=O) groups excluding carboxylic acids is 1. The lowest BCUT2D eigenvalue weighted by Gasteiger charge is -2.38. The van der Waals surface area contributed by atoms with Crippen LogP contribution in [0.5, 0.6) is 11.5 Å². The molecule has 0 bridgehead atoms. The van der Waals surface area contributed by atoms with Gasteiger partial charge in [0, 0.05) is 24.7 Å². The molecule has 0 aromatic heterocycles.